The Morgan fingerprint density at radius 2 is 1.68 bits per heavy atom. The molecule has 5 nitrogen and oxygen atoms in total. The van der Waals surface area contributed by atoms with Gasteiger partial charge in [0.2, 0.25) is 11.7 Å². The lowest BCUT2D eigenvalue weighted by Crippen LogP contribution is -2.20. The van der Waals surface area contributed by atoms with Gasteiger partial charge in [0.1, 0.15) is 18.2 Å². The maximum atomic E-state index is 13.5. The second-order valence-electron chi connectivity index (χ2n) is 11.0. The highest BCUT2D eigenvalue weighted by Gasteiger charge is 2.31. The molecule has 194 valence electrons. The average Bonchev–Trinajstić information content (AvgIpc) is 3.38. The summed E-state index contributed by atoms with van der Waals surface area (Å²) in [5.74, 6) is 1.83. The molecule has 0 spiro atoms. The molecule has 0 fully saturated rings. The molecular formula is C32H32FN3O2. The van der Waals surface area contributed by atoms with Crippen LogP contribution in [-0.4, -0.2) is 15.1 Å². The third kappa shape index (κ3) is 5.44. The van der Waals surface area contributed by atoms with Crippen LogP contribution in [-0.2, 0) is 6.61 Å². The standard InChI is InChI=1S/C32H32FN3O2/c1-20(2)31-35-30(36-38-31)26-15-14-25(18-27(26)29(32(3,4)5)21-9-7-6-8-10-21)37-19-24-13-11-22-17-23(33)12-16-28(22)34-24/h6-18,20,29H,19H2,1-5H3. The smallest absolute Gasteiger partial charge is 0.229 e. The maximum absolute atomic E-state index is 13.5. The minimum atomic E-state index is -0.273. The van der Waals surface area contributed by atoms with Crippen molar-refractivity contribution in [3.8, 4) is 17.1 Å². The molecule has 5 rings (SSSR count). The number of pyridine rings is 1. The summed E-state index contributed by atoms with van der Waals surface area (Å²) in [6, 6.07) is 24.8. The summed E-state index contributed by atoms with van der Waals surface area (Å²) in [7, 11) is 0. The van der Waals surface area contributed by atoms with Crippen molar-refractivity contribution in [2.45, 2.75) is 53.1 Å². The molecule has 2 aromatic heterocycles. The van der Waals surface area contributed by atoms with E-state index in [4.69, 9.17) is 14.2 Å². The quantitative estimate of drug-likeness (QED) is 0.221. The monoisotopic (exact) mass is 509 g/mol. The van der Waals surface area contributed by atoms with Gasteiger partial charge in [0.25, 0.3) is 0 Å². The van der Waals surface area contributed by atoms with Gasteiger partial charge in [-0.15, -0.1) is 0 Å². The largest absolute Gasteiger partial charge is 0.487 e. The molecule has 38 heavy (non-hydrogen) atoms. The summed E-state index contributed by atoms with van der Waals surface area (Å²) in [5.41, 5.74) is 4.59. The number of halogens is 1. The molecule has 0 aliphatic rings. The van der Waals surface area contributed by atoms with Gasteiger partial charge < -0.3 is 9.26 Å². The molecule has 0 amide bonds. The Hall–Kier alpha value is -4.06. The molecule has 2 heterocycles. The molecule has 3 aromatic carbocycles. The molecule has 6 heteroatoms. The molecule has 0 aliphatic carbocycles. The summed E-state index contributed by atoms with van der Waals surface area (Å²) >= 11 is 0. The van der Waals surface area contributed by atoms with Crippen molar-refractivity contribution in [3.63, 3.8) is 0 Å². The van der Waals surface area contributed by atoms with E-state index in [-0.39, 0.29) is 29.7 Å². The van der Waals surface area contributed by atoms with E-state index in [1.165, 1.54) is 17.7 Å². The summed E-state index contributed by atoms with van der Waals surface area (Å²) < 4.78 is 25.3. The average molecular weight is 510 g/mol. The Labute approximate surface area is 222 Å². The van der Waals surface area contributed by atoms with Crippen molar-refractivity contribution in [2.24, 2.45) is 5.41 Å². The highest BCUT2D eigenvalue weighted by atomic mass is 19.1. The molecule has 0 N–H and O–H groups in total. The summed E-state index contributed by atoms with van der Waals surface area (Å²) in [4.78, 5) is 9.34. The zero-order chi connectivity index (χ0) is 26.9. The number of benzene rings is 3. The van der Waals surface area contributed by atoms with Crippen LogP contribution < -0.4 is 4.74 Å². The van der Waals surface area contributed by atoms with Crippen LogP contribution in [0, 0.1) is 11.2 Å². The second-order valence-corrected chi connectivity index (χ2v) is 11.0. The van der Waals surface area contributed by atoms with Gasteiger partial charge in [-0.3, -0.25) is 0 Å². The van der Waals surface area contributed by atoms with E-state index in [9.17, 15) is 4.39 Å². The van der Waals surface area contributed by atoms with Crippen LogP contribution in [0.25, 0.3) is 22.3 Å². The first-order valence-electron chi connectivity index (χ1n) is 12.9. The predicted molar refractivity (Wildman–Crippen MR) is 148 cm³/mol. The van der Waals surface area contributed by atoms with Crippen LogP contribution >= 0.6 is 0 Å². The lowest BCUT2D eigenvalue weighted by molar-refractivity contribution is 0.300. The Kier molecular flexibility index (Phi) is 6.98. The van der Waals surface area contributed by atoms with Gasteiger partial charge in [0.05, 0.1) is 11.2 Å². The normalized spacial score (nSPS) is 12.7. The molecule has 0 saturated carbocycles. The molecule has 5 aromatic rings. The van der Waals surface area contributed by atoms with Gasteiger partial charge in [0.15, 0.2) is 0 Å². The predicted octanol–water partition coefficient (Wildman–Crippen LogP) is 8.30. The Morgan fingerprint density at radius 1 is 0.895 bits per heavy atom. The fourth-order valence-electron chi connectivity index (χ4n) is 4.82. The SMILES string of the molecule is CC(C)c1nc(-c2ccc(OCc3ccc4cc(F)ccc4n3)cc2C(c2ccccc2)C(C)(C)C)no1. The third-order valence-electron chi connectivity index (χ3n) is 6.61. The van der Waals surface area contributed by atoms with Crippen molar-refractivity contribution >= 4 is 10.9 Å². The van der Waals surface area contributed by atoms with Crippen molar-refractivity contribution < 1.29 is 13.7 Å². The maximum Gasteiger partial charge on any atom is 0.229 e. The minimum absolute atomic E-state index is 0.0527. The molecule has 1 atom stereocenters. The molecule has 0 saturated heterocycles. The molecule has 0 aliphatic heterocycles. The molecule has 1 unspecified atom stereocenters. The highest BCUT2D eigenvalue weighted by molar-refractivity contribution is 5.78. The van der Waals surface area contributed by atoms with Crippen LogP contribution in [0.4, 0.5) is 4.39 Å². The number of ether oxygens (including phenoxy) is 1. The van der Waals surface area contributed by atoms with E-state index < -0.39 is 0 Å². The van der Waals surface area contributed by atoms with Crippen LogP contribution in [0.15, 0.2) is 83.4 Å². The number of hydrogen-bond acceptors (Lipinski definition) is 5. The van der Waals surface area contributed by atoms with E-state index >= 15 is 0 Å². The fourth-order valence-corrected chi connectivity index (χ4v) is 4.82. The van der Waals surface area contributed by atoms with Gasteiger partial charge in [-0.2, -0.15) is 4.98 Å². The van der Waals surface area contributed by atoms with Crippen molar-refractivity contribution in [3.05, 3.63) is 107 Å². The Morgan fingerprint density at radius 3 is 2.39 bits per heavy atom. The number of fused-ring (bicyclic) bond motifs is 1. The van der Waals surface area contributed by atoms with Gasteiger partial charge >= 0.3 is 0 Å². The van der Waals surface area contributed by atoms with E-state index in [1.807, 2.05) is 44.2 Å². The highest BCUT2D eigenvalue weighted by Crippen LogP contribution is 2.45. The van der Waals surface area contributed by atoms with Gasteiger partial charge in [-0.25, -0.2) is 9.37 Å². The Balaban J connectivity index is 1.54. The molecule has 0 bridgehead atoms. The summed E-state index contributed by atoms with van der Waals surface area (Å²) in [6.07, 6.45) is 0. The van der Waals surface area contributed by atoms with Gasteiger partial charge in [-0.05, 0) is 59.0 Å². The zero-order valence-electron chi connectivity index (χ0n) is 22.4. The lowest BCUT2D eigenvalue weighted by Gasteiger charge is -2.33. The van der Waals surface area contributed by atoms with Gasteiger partial charge in [-0.1, -0.05) is 76.2 Å². The number of hydrogen-bond donors (Lipinski definition) is 0. The number of aromatic nitrogens is 3. The van der Waals surface area contributed by atoms with E-state index in [2.05, 4.69) is 61.2 Å². The first-order chi connectivity index (χ1) is 18.2. The first kappa shape index (κ1) is 25.6. The van der Waals surface area contributed by atoms with Crippen LogP contribution in [0.1, 0.15) is 69.2 Å². The van der Waals surface area contributed by atoms with Crippen molar-refractivity contribution in [2.75, 3.05) is 0 Å². The zero-order valence-corrected chi connectivity index (χ0v) is 22.4. The van der Waals surface area contributed by atoms with Crippen LogP contribution in [0.3, 0.4) is 0 Å². The second kappa shape index (κ2) is 10.4. The lowest BCUT2D eigenvalue weighted by atomic mass is 9.71. The molecular weight excluding hydrogens is 477 g/mol. The Bertz CT molecular complexity index is 1550. The minimum Gasteiger partial charge on any atom is -0.487 e. The number of nitrogens with zero attached hydrogens (tertiary/aromatic N) is 3. The van der Waals surface area contributed by atoms with E-state index in [1.54, 1.807) is 6.07 Å². The molecule has 0 radical (unpaired) electrons. The number of rotatable bonds is 7. The van der Waals surface area contributed by atoms with Crippen molar-refractivity contribution in [1.29, 1.82) is 0 Å². The summed E-state index contributed by atoms with van der Waals surface area (Å²) in [5, 5.41) is 5.08. The summed E-state index contributed by atoms with van der Waals surface area (Å²) in [6.45, 7) is 11.1. The topological polar surface area (TPSA) is 61.0 Å². The van der Waals surface area contributed by atoms with Crippen molar-refractivity contribution in [1.82, 2.24) is 15.1 Å². The third-order valence-corrected chi connectivity index (χ3v) is 6.61. The van der Waals surface area contributed by atoms with Gasteiger partial charge in [0, 0.05) is 22.8 Å². The van der Waals surface area contributed by atoms with E-state index in [0.29, 0.717) is 11.7 Å². The van der Waals surface area contributed by atoms with Crippen LogP contribution in [0.2, 0.25) is 0 Å². The fraction of sp³-hybridized carbons (Fsp3) is 0.281. The first-order valence-corrected chi connectivity index (χ1v) is 12.9. The van der Waals surface area contributed by atoms with E-state index in [0.717, 1.165) is 33.5 Å². The van der Waals surface area contributed by atoms with Crippen LogP contribution in [0.5, 0.6) is 5.75 Å².